The third-order valence-electron chi connectivity index (χ3n) is 2.00. The molecule has 0 aliphatic carbocycles. The van der Waals surface area contributed by atoms with E-state index in [1.807, 2.05) is 0 Å². The van der Waals surface area contributed by atoms with Crippen LogP contribution in [0.2, 0.25) is 0 Å². The second-order valence-corrected chi connectivity index (χ2v) is 4.80. The zero-order chi connectivity index (χ0) is 14.5. The highest BCUT2D eigenvalue weighted by Gasteiger charge is 2.16. The summed E-state index contributed by atoms with van der Waals surface area (Å²) in [6.07, 6.45) is -1.07. The van der Waals surface area contributed by atoms with Gasteiger partial charge in [-0.1, -0.05) is 0 Å². The lowest BCUT2D eigenvalue weighted by atomic mass is 10.2. The van der Waals surface area contributed by atoms with Gasteiger partial charge in [0, 0.05) is 6.07 Å². The minimum atomic E-state index is -4.11. The van der Waals surface area contributed by atoms with Gasteiger partial charge < -0.3 is 15.2 Å². The summed E-state index contributed by atoms with van der Waals surface area (Å²) in [6.45, 7) is 1.61. The number of benzene rings is 1. The van der Waals surface area contributed by atoms with E-state index >= 15 is 0 Å². The lowest BCUT2D eigenvalue weighted by Crippen LogP contribution is -2.35. The second kappa shape index (κ2) is 6.14. The number of nitrogens with one attached hydrogen (secondary N) is 2. The molecule has 0 aromatic heterocycles. The first kappa shape index (κ1) is 14.9. The van der Waals surface area contributed by atoms with Crippen LogP contribution in [0.15, 0.2) is 18.2 Å². The molecule has 1 amide bonds. The smallest absolute Gasteiger partial charge is 0.422 e. The van der Waals surface area contributed by atoms with Gasteiger partial charge >= 0.3 is 16.3 Å². The van der Waals surface area contributed by atoms with Gasteiger partial charge in [0.25, 0.3) is 0 Å². The molecule has 0 aliphatic heterocycles. The van der Waals surface area contributed by atoms with Gasteiger partial charge in [-0.2, -0.15) is 8.42 Å². The molecule has 1 aromatic rings. The summed E-state index contributed by atoms with van der Waals surface area (Å²) in [7, 11) is -2.68. The quantitative estimate of drug-likeness (QED) is 0.686. The molecule has 0 aliphatic rings. The highest BCUT2D eigenvalue weighted by molar-refractivity contribution is 7.91. The van der Waals surface area contributed by atoms with Gasteiger partial charge in [-0.25, -0.2) is 9.52 Å². The summed E-state index contributed by atoms with van der Waals surface area (Å²) in [4.78, 5) is 11.0. The zero-order valence-electron chi connectivity index (χ0n) is 10.5. The first-order valence-corrected chi connectivity index (χ1v) is 6.77. The minimum absolute atomic E-state index is 0.0582. The van der Waals surface area contributed by atoms with E-state index in [-0.39, 0.29) is 18.0 Å². The van der Waals surface area contributed by atoms with E-state index < -0.39 is 16.3 Å². The number of anilines is 2. The highest BCUT2D eigenvalue weighted by Crippen LogP contribution is 2.24. The molecule has 0 unspecified atom stereocenters. The van der Waals surface area contributed by atoms with Gasteiger partial charge in [0.05, 0.1) is 25.1 Å². The summed E-state index contributed by atoms with van der Waals surface area (Å²) in [5, 5.41) is 0. The summed E-state index contributed by atoms with van der Waals surface area (Å²) in [5.74, 6) is 0.419. The third kappa shape index (κ3) is 4.54. The lowest BCUT2D eigenvalue weighted by molar-refractivity contribution is 0.159. The van der Waals surface area contributed by atoms with Crippen molar-refractivity contribution in [3.63, 3.8) is 0 Å². The zero-order valence-corrected chi connectivity index (χ0v) is 11.3. The Hall–Kier alpha value is -2.16. The molecule has 0 spiro atoms. The Morgan fingerprint density at radius 2 is 2.11 bits per heavy atom. The van der Waals surface area contributed by atoms with Crippen LogP contribution in [0.1, 0.15) is 6.92 Å². The van der Waals surface area contributed by atoms with E-state index in [2.05, 4.69) is 9.46 Å². The Labute approximate surface area is 111 Å². The number of methoxy groups -OCH3 is 1. The van der Waals surface area contributed by atoms with Crippen LogP contribution in [0.25, 0.3) is 0 Å². The van der Waals surface area contributed by atoms with E-state index in [0.717, 1.165) is 0 Å². The molecule has 8 nitrogen and oxygen atoms in total. The topological polar surface area (TPSA) is 120 Å². The normalized spacial score (nSPS) is 10.6. The standard InChI is InChI=1S/C10H15N3O5S/c1-3-18-10(14)13-19(15,16)12-9-6-7(17-2)4-5-8(9)11/h4-6,12H,3,11H2,1-2H3,(H,13,14). The molecule has 0 bridgehead atoms. The number of rotatable bonds is 5. The Balaban J connectivity index is 2.86. The van der Waals surface area contributed by atoms with E-state index in [1.165, 1.54) is 19.2 Å². The van der Waals surface area contributed by atoms with E-state index in [0.29, 0.717) is 5.75 Å². The summed E-state index contributed by atoms with van der Waals surface area (Å²) >= 11 is 0. The van der Waals surface area contributed by atoms with Gasteiger partial charge in [-0.05, 0) is 19.1 Å². The predicted molar refractivity (Wildman–Crippen MR) is 70.1 cm³/mol. The SMILES string of the molecule is CCOC(=O)NS(=O)(=O)Nc1cc(OC)ccc1N. The molecule has 4 N–H and O–H groups in total. The van der Waals surface area contributed by atoms with Crippen LogP contribution in [-0.4, -0.2) is 28.2 Å². The average molecular weight is 289 g/mol. The molecular weight excluding hydrogens is 274 g/mol. The first-order valence-electron chi connectivity index (χ1n) is 5.28. The number of carbonyl (C=O) groups is 1. The molecule has 106 valence electrons. The summed E-state index contributed by atoms with van der Waals surface area (Å²) in [6, 6.07) is 4.44. The van der Waals surface area contributed by atoms with Crippen molar-refractivity contribution in [2.75, 3.05) is 24.2 Å². The van der Waals surface area contributed by atoms with Crippen LogP contribution in [0.5, 0.6) is 5.75 Å². The third-order valence-corrected chi connectivity index (χ3v) is 2.92. The second-order valence-electron chi connectivity index (χ2n) is 3.38. The highest BCUT2D eigenvalue weighted by atomic mass is 32.2. The fraction of sp³-hybridized carbons (Fsp3) is 0.300. The van der Waals surface area contributed by atoms with Crippen LogP contribution >= 0.6 is 0 Å². The van der Waals surface area contributed by atoms with Gasteiger partial charge in [0.2, 0.25) is 0 Å². The van der Waals surface area contributed by atoms with Crippen molar-refractivity contribution in [1.29, 1.82) is 0 Å². The first-order chi connectivity index (χ1) is 8.88. The predicted octanol–water partition coefficient (Wildman–Crippen LogP) is 0.680. The summed E-state index contributed by atoms with van der Waals surface area (Å²) < 4.78 is 36.4. The number of hydrogen-bond acceptors (Lipinski definition) is 6. The number of hydrogen-bond donors (Lipinski definition) is 3. The van der Waals surface area contributed by atoms with Crippen LogP contribution in [-0.2, 0) is 14.9 Å². The van der Waals surface area contributed by atoms with Gasteiger partial charge in [0.1, 0.15) is 5.75 Å². The Morgan fingerprint density at radius 1 is 1.42 bits per heavy atom. The van der Waals surface area contributed by atoms with Crippen molar-refractivity contribution in [3.05, 3.63) is 18.2 Å². The Kier molecular flexibility index (Phi) is 4.81. The number of carbonyl (C=O) groups excluding carboxylic acids is 1. The fourth-order valence-electron chi connectivity index (χ4n) is 1.19. The van der Waals surface area contributed by atoms with Crippen LogP contribution in [0, 0.1) is 0 Å². The number of nitrogens with two attached hydrogens (primary N) is 1. The largest absolute Gasteiger partial charge is 0.497 e. The molecule has 0 saturated carbocycles. The monoisotopic (exact) mass is 289 g/mol. The van der Waals surface area contributed by atoms with E-state index in [1.54, 1.807) is 17.7 Å². The Bertz CT molecular complexity index is 558. The van der Waals surface area contributed by atoms with Crippen LogP contribution in [0.3, 0.4) is 0 Å². The Morgan fingerprint density at radius 3 is 2.68 bits per heavy atom. The van der Waals surface area contributed by atoms with Gasteiger partial charge in [-0.3, -0.25) is 4.72 Å². The number of ether oxygens (including phenoxy) is 2. The van der Waals surface area contributed by atoms with Crippen LogP contribution < -0.4 is 19.9 Å². The molecule has 0 saturated heterocycles. The molecule has 1 rings (SSSR count). The van der Waals surface area contributed by atoms with Gasteiger partial charge in [0.15, 0.2) is 0 Å². The number of nitrogen functional groups attached to an aromatic ring is 1. The molecule has 0 radical (unpaired) electrons. The van der Waals surface area contributed by atoms with Crippen molar-refractivity contribution >= 4 is 27.7 Å². The maximum atomic E-state index is 11.6. The molecule has 19 heavy (non-hydrogen) atoms. The van der Waals surface area contributed by atoms with Crippen molar-refractivity contribution < 1.29 is 22.7 Å². The average Bonchev–Trinajstić information content (AvgIpc) is 2.31. The fourth-order valence-corrected chi connectivity index (χ4v) is 1.99. The van der Waals surface area contributed by atoms with Crippen molar-refractivity contribution in [3.8, 4) is 5.75 Å². The molecule has 0 fully saturated rings. The van der Waals surface area contributed by atoms with Crippen LogP contribution in [0.4, 0.5) is 16.2 Å². The maximum Gasteiger partial charge on any atom is 0.422 e. The lowest BCUT2D eigenvalue weighted by Gasteiger charge is -2.12. The maximum absolute atomic E-state index is 11.6. The van der Waals surface area contributed by atoms with E-state index in [9.17, 15) is 13.2 Å². The van der Waals surface area contributed by atoms with Crippen molar-refractivity contribution in [1.82, 2.24) is 4.72 Å². The molecule has 9 heteroatoms. The van der Waals surface area contributed by atoms with Gasteiger partial charge in [-0.15, -0.1) is 0 Å². The number of amides is 1. The van der Waals surface area contributed by atoms with Crippen molar-refractivity contribution in [2.24, 2.45) is 0 Å². The van der Waals surface area contributed by atoms with E-state index in [4.69, 9.17) is 10.5 Å². The van der Waals surface area contributed by atoms with Crippen molar-refractivity contribution in [2.45, 2.75) is 6.92 Å². The summed E-state index contributed by atoms with van der Waals surface area (Å²) in [5.41, 5.74) is 5.90. The minimum Gasteiger partial charge on any atom is -0.497 e. The molecule has 0 heterocycles. The molecular formula is C10H15N3O5S. The molecule has 0 atom stereocenters. The molecule has 1 aromatic carbocycles.